The van der Waals surface area contributed by atoms with Gasteiger partial charge in [0.2, 0.25) is 0 Å². The molecular weight excluding hydrogens is 366 g/mol. The third kappa shape index (κ3) is 3.59. The Morgan fingerprint density at radius 1 is 1.24 bits per heavy atom. The van der Waals surface area contributed by atoms with Gasteiger partial charge in [0.1, 0.15) is 11.4 Å². The Morgan fingerprint density at radius 3 is 2.64 bits per heavy atom. The van der Waals surface area contributed by atoms with E-state index < -0.39 is 16.1 Å². The zero-order chi connectivity index (χ0) is 18.0. The summed E-state index contributed by atoms with van der Waals surface area (Å²) in [6.07, 6.45) is 1.18. The van der Waals surface area contributed by atoms with E-state index >= 15 is 0 Å². The Hall–Kier alpha value is -2.58. The monoisotopic (exact) mass is 379 g/mol. The molecule has 0 aliphatic rings. The van der Waals surface area contributed by atoms with Gasteiger partial charge in [-0.05, 0) is 30.2 Å². The number of rotatable bonds is 4. The van der Waals surface area contributed by atoms with Crippen LogP contribution in [0.5, 0.6) is 5.75 Å². The average molecular weight is 380 g/mol. The lowest BCUT2D eigenvalue weighted by atomic mass is 10.2. The average Bonchev–Trinajstić information content (AvgIpc) is 2.90. The lowest BCUT2D eigenvalue weighted by Gasteiger charge is -2.08. The molecule has 2 heterocycles. The fraction of sp³-hybridized carbons (Fsp3) is 0.125. The van der Waals surface area contributed by atoms with Crippen LogP contribution in [-0.4, -0.2) is 23.9 Å². The predicted molar refractivity (Wildman–Crippen MR) is 92.4 cm³/mol. The number of hydrogen-bond acceptors (Lipinski definition) is 5. The quantitative estimate of drug-likeness (QED) is 0.752. The SMILES string of the molecule is CCc1ccc2nc(Cl)c(S(=O)(=O)NC(=O)Oc3ccccc3)n2c1. The number of hydrogen-bond donors (Lipinski definition) is 1. The highest BCUT2D eigenvalue weighted by Crippen LogP contribution is 2.23. The van der Waals surface area contributed by atoms with E-state index in [2.05, 4.69) is 4.98 Å². The molecule has 0 spiro atoms. The number of nitrogens with one attached hydrogen (secondary N) is 1. The van der Waals surface area contributed by atoms with E-state index in [1.807, 2.05) is 17.7 Å². The maximum absolute atomic E-state index is 12.6. The molecule has 0 atom stereocenters. The van der Waals surface area contributed by atoms with Gasteiger partial charge in [-0.3, -0.25) is 4.40 Å². The second-order valence-electron chi connectivity index (χ2n) is 5.13. The molecule has 0 unspecified atom stereocenters. The van der Waals surface area contributed by atoms with Gasteiger partial charge in [0.25, 0.3) is 10.0 Å². The van der Waals surface area contributed by atoms with Gasteiger partial charge in [0.15, 0.2) is 10.2 Å². The highest BCUT2D eigenvalue weighted by Gasteiger charge is 2.27. The molecule has 9 heteroatoms. The van der Waals surface area contributed by atoms with Crippen molar-refractivity contribution in [3.8, 4) is 5.75 Å². The van der Waals surface area contributed by atoms with E-state index in [0.29, 0.717) is 12.1 Å². The first-order valence-corrected chi connectivity index (χ1v) is 9.23. The van der Waals surface area contributed by atoms with Crippen LogP contribution in [0.4, 0.5) is 4.79 Å². The minimum absolute atomic E-state index is 0.215. The number of sulfonamides is 1. The van der Waals surface area contributed by atoms with E-state index in [4.69, 9.17) is 16.3 Å². The van der Waals surface area contributed by atoms with Gasteiger partial charge in [-0.25, -0.2) is 14.5 Å². The second kappa shape index (κ2) is 6.73. The minimum Gasteiger partial charge on any atom is -0.410 e. The van der Waals surface area contributed by atoms with E-state index in [-0.39, 0.29) is 15.9 Å². The topological polar surface area (TPSA) is 89.8 Å². The van der Waals surface area contributed by atoms with Gasteiger partial charge in [-0.15, -0.1) is 0 Å². The van der Waals surface area contributed by atoms with Gasteiger partial charge in [0, 0.05) is 6.20 Å². The first kappa shape index (κ1) is 17.2. The third-order valence-corrected chi connectivity index (χ3v) is 5.14. The maximum Gasteiger partial charge on any atom is 0.426 e. The number of benzene rings is 1. The molecule has 0 aliphatic carbocycles. The number of pyridine rings is 1. The summed E-state index contributed by atoms with van der Waals surface area (Å²) < 4.78 is 33.3. The molecule has 1 amide bonds. The normalized spacial score (nSPS) is 11.4. The fourth-order valence-corrected chi connectivity index (χ4v) is 3.78. The number of halogens is 1. The molecule has 3 rings (SSSR count). The number of fused-ring (bicyclic) bond motifs is 1. The van der Waals surface area contributed by atoms with E-state index in [0.717, 1.165) is 5.56 Å². The van der Waals surface area contributed by atoms with Crippen LogP contribution in [0.25, 0.3) is 5.65 Å². The standard InChI is InChI=1S/C16H14ClN3O4S/c1-2-11-8-9-13-18-14(17)15(20(13)10-11)25(22,23)19-16(21)24-12-6-4-3-5-7-12/h3-10H,2H2,1H3,(H,19,21). The molecule has 3 aromatic rings. The van der Waals surface area contributed by atoms with Crippen LogP contribution < -0.4 is 9.46 Å². The Labute approximate surface area is 149 Å². The number of ether oxygens (including phenoxy) is 1. The number of aryl methyl sites for hydroxylation is 1. The summed E-state index contributed by atoms with van der Waals surface area (Å²) in [6.45, 7) is 1.93. The summed E-state index contributed by atoms with van der Waals surface area (Å²) >= 11 is 5.99. The lowest BCUT2D eigenvalue weighted by Crippen LogP contribution is -2.33. The van der Waals surface area contributed by atoms with Gasteiger partial charge in [0.05, 0.1) is 0 Å². The second-order valence-corrected chi connectivity index (χ2v) is 7.09. The van der Waals surface area contributed by atoms with Crippen molar-refractivity contribution < 1.29 is 17.9 Å². The van der Waals surface area contributed by atoms with Crippen molar-refractivity contribution in [2.45, 2.75) is 18.4 Å². The first-order chi connectivity index (χ1) is 11.9. The number of nitrogens with zero attached hydrogens (tertiary/aromatic N) is 2. The molecule has 0 fully saturated rings. The Kier molecular flexibility index (Phi) is 4.65. The number of amides is 1. The summed E-state index contributed by atoms with van der Waals surface area (Å²) in [5.74, 6) is 0.215. The molecule has 2 aromatic heterocycles. The Balaban J connectivity index is 1.93. The molecule has 130 valence electrons. The lowest BCUT2D eigenvalue weighted by molar-refractivity contribution is 0.207. The van der Waals surface area contributed by atoms with Gasteiger partial charge in [-0.1, -0.05) is 42.8 Å². The van der Waals surface area contributed by atoms with Crippen LogP contribution in [0.2, 0.25) is 5.15 Å². The van der Waals surface area contributed by atoms with Crippen LogP contribution >= 0.6 is 11.6 Å². The van der Waals surface area contributed by atoms with Crippen molar-refractivity contribution in [1.82, 2.24) is 14.1 Å². The molecule has 0 saturated carbocycles. The van der Waals surface area contributed by atoms with Crippen LogP contribution in [0.15, 0.2) is 53.7 Å². The van der Waals surface area contributed by atoms with Crippen LogP contribution in [0.3, 0.4) is 0 Å². The zero-order valence-corrected chi connectivity index (χ0v) is 14.7. The Bertz CT molecular complexity index is 1030. The van der Waals surface area contributed by atoms with Crippen LogP contribution in [0, 0.1) is 0 Å². The van der Waals surface area contributed by atoms with E-state index in [9.17, 15) is 13.2 Å². The number of carbonyl (C=O) groups is 1. The summed E-state index contributed by atoms with van der Waals surface area (Å²) in [5, 5.41) is -0.544. The van der Waals surface area contributed by atoms with Crippen molar-refractivity contribution in [1.29, 1.82) is 0 Å². The van der Waals surface area contributed by atoms with Crippen molar-refractivity contribution in [2.24, 2.45) is 0 Å². The smallest absolute Gasteiger partial charge is 0.410 e. The number of carbonyl (C=O) groups excluding carboxylic acids is 1. The maximum atomic E-state index is 12.6. The fourth-order valence-electron chi connectivity index (χ4n) is 2.26. The van der Waals surface area contributed by atoms with Crippen molar-refractivity contribution in [3.05, 3.63) is 59.4 Å². The Morgan fingerprint density at radius 2 is 1.96 bits per heavy atom. The molecular formula is C16H14ClN3O4S. The first-order valence-electron chi connectivity index (χ1n) is 7.37. The predicted octanol–water partition coefficient (Wildman–Crippen LogP) is 3.03. The molecule has 0 saturated heterocycles. The molecule has 0 aliphatic heterocycles. The van der Waals surface area contributed by atoms with E-state index in [1.165, 1.54) is 16.5 Å². The summed E-state index contributed by atoms with van der Waals surface area (Å²) in [7, 11) is -4.27. The van der Waals surface area contributed by atoms with Gasteiger partial charge < -0.3 is 4.74 Å². The molecule has 1 N–H and O–H groups in total. The van der Waals surface area contributed by atoms with Crippen molar-refractivity contribution in [3.63, 3.8) is 0 Å². The molecule has 0 bridgehead atoms. The largest absolute Gasteiger partial charge is 0.426 e. The zero-order valence-electron chi connectivity index (χ0n) is 13.1. The number of para-hydroxylation sites is 1. The highest BCUT2D eigenvalue weighted by atomic mass is 35.5. The van der Waals surface area contributed by atoms with E-state index in [1.54, 1.807) is 30.5 Å². The van der Waals surface area contributed by atoms with Crippen molar-refractivity contribution >= 4 is 33.4 Å². The molecule has 7 nitrogen and oxygen atoms in total. The highest BCUT2D eigenvalue weighted by molar-refractivity contribution is 7.90. The molecule has 1 aromatic carbocycles. The van der Waals surface area contributed by atoms with Crippen molar-refractivity contribution in [2.75, 3.05) is 0 Å². The van der Waals surface area contributed by atoms with Gasteiger partial charge >= 0.3 is 6.09 Å². The van der Waals surface area contributed by atoms with Gasteiger partial charge in [-0.2, -0.15) is 8.42 Å². The summed E-state index contributed by atoms with van der Waals surface area (Å²) in [5.41, 5.74) is 1.25. The van der Waals surface area contributed by atoms with Crippen LogP contribution in [0.1, 0.15) is 12.5 Å². The third-order valence-electron chi connectivity index (χ3n) is 3.43. The molecule has 0 radical (unpaired) electrons. The van der Waals surface area contributed by atoms with Crippen LogP contribution in [-0.2, 0) is 16.4 Å². The minimum atomic E-state index is -4.27. The number of aromatic nitrogens is 2. The molecule has 25 heavy (non-hydrogen) atoms. The number of imidazole rings is 1. The summed E-state index contributed by atoms with van der Waals surface area (Å²) in [6, 6.07) is 11.6. The summed E-state index contributed by atoms with van der Waals surface area (Å²) in [4.78, 5) is 15.9.